The predicted molar refractivity (Wildman–Crippen MR) is 61.6 cm³/mol. The molecule has 0 saturated heterocycles. The number of hydrogen-bond donors (Lipinski definition) is 2. The van der Waals surface area contributed by atoms with Crippen LogP contribution in [0.5, 0.6) is 0 Å². The Bertz CT molecular complexity index is 448. The number of halogens is 1. The summed E-state index contributed by atoms with van der Waals surface area (Å²) < 4.78 is 12.7. The fourth-order valence-electron chi connectivity index (χ4n) is 1.51. The van der Waals surface area contributed by atoms with E-state index in [2.05, 4.69) is 15.3 Å². The Kier molecular flexibility index (Phi) is 3.31. The standard InChI is InChI=1S/C12H14FN3/c1-14-7-6-12-15-8-11(16-12)9-2-4-10(13)5-3-9/h2-5,8,14H,6-7H2,1H3,(H,15,16). The lowest BCUT2D eigenvalue weighted by Crippen LogP contribution is -2.10. The lowest BCUT2D eigenvalue weighted by atomic mass is 10.2. The molecule has 1 aromatic heterocycles. The van der Waals surface area contributed by atoms with Crippen molar-refractivity contribution in [3.8, 4) is 11.3 Å². The molecule has 2 rings (SSSR count). The molecule has 4 heteroatoms. The van der Waals surface area contributed by atoms with Crippen LogP contribution in [0.15, 0.2) is 30.5 Å². The fraction of sp³-hybridized carbons (Fsp3) is 0.250. The molecule has 0 spiro atoms. The van der Waals surface area contributed by atoms with Crippen LogP contribution < -0.4 is 5.32 Å². The minimum absolute atomic E-state index is 0.223. The molecule has 0 aliphatic rings. The van der Waals surface area contributed by atoms with Crippen molar-refractivity contribution in [1.82, 2.24) is 15.3 Å². The average molecular weight is 219 g/mol. The number of rotatable bonds is 4. The molecule has 2 aromatic rings. The summed E-state index contributed by atoms with van der Waals surface area (Å²) >= 11 is 0. The topological polar surface area (TPSA) is 40.7 Å². The Hall–Kier alpha value is -1.68. The molecular formula is C12H14FN3. The van der Waals surface area contributed by atoms with E-state index >= 15 is 0 Å². The van der Waals surface area contributed by atoms with Gasteiger partial charge >= 0.3 is 0 Å². The van der Waals surface area contributed by atoms with Crippen molar-refractivity contribution < 1.29 is 4.39 Å². The molecule has 1 aromatic carbocycles. The number of aromatic amines is 1. The number of imidazole rings is 1. The van der Waals surface area contributed by atoms with Crippen molar-refractivity contribution in [2.75, 3.05) is 13.6 Å². The molecule has 0 atom stereocenters. The van der Waals surface area contributed by atoms with Gasteiger partial charge in [-0.3, -0.25) is 0 Å². The summed E-state index contributed by atoms with van der Waals surface area (Å²) in [5.41, 5.74) is 1.87. The Morgan fingerprint density at radius 2 is 2.06 bits per heavy atom. The van der Waals surface area contributed by atoms with E-state index in [9.17, 15) is 4.39 Å². The fourth-order valence-corrected chi connectivity index (χ4v) is 1.51. The SMILES string of the molecule is CNCCc1ncc(-c2ccc(F)cc2)[nH]1. The summed E-state index contributed by atoms with van der Waals surface area (Å²) in [5.74, 6) is 0.715. The number of nitrogens with one attached hydrogen (secondary N) is 2. The zero-order valence-corrected chi connectivity index (χ0v) is 9.13. The van der Waals surface area contributed by atoms with E-state index in [0.717, 1.165) is 30.0 Å². The van der Waals surface area contributed by atoms with Crippen molar-refractivity contribution in [2.45, 2.75) is 6.42 Å². The van der Waals surface area contributed by atoms with Crippen molar-refractivity contribution >= 4 is 0 Å². The first-order valence-electron chi connectivity index (χ1n) is 5.24. The number of aromatic nitrogens is 2. The first kappa shape index (κ1) is 10.8. The molecule has 1 heterocycles. The monoisotopic (exact) mass is 219 g/mol. The molecule has 0 aliphatic heterocycles. The average Bonchev–Trinajstić information content (AvgIpc) is 2.76. The third kappa shape index (κ3) is 2.46. The van der Waals surface area contributed by atoms with Crippen LogP contribution in [0.25, 0.3) is 11.3 Å². The molecule has 0 aliphatic carbocycles. The maximum Gasteiger partial charge on any atom is 0.123 e. The molecule has 84 valence electrons. The zero-order chi connectivity index (χ0) is 11.4. The Labute approximate surface area is 93.7 Å². The smallest absolute Gasteiger partial charge is 0.123 e. The summed E-state index contributed by atoms with van der Waals surface area (Å²) in [4.78, 5) is 7.47. The minimum atomic E-state index is -0.223. The molecule has 0 radical (unpaired) electrons. The summed E-state index contributed by atoms with van der Waals surface area (Å²) in [6, 6.07) is 6.38. The van der Waals surface area contributed by atoms with Gasteiger partial charge < -0.3 is 10.3 Å². The van der Waals surface area contributed by atoms with Crippen molar-refractivity contribution in [1.29, 1.82) is 0 Å². The van der Waals surface area contributed by atoms with E-state index in [1.165, 1.54) is 12.1 Å². The first-order valence-corrected chi connectivity index (χ1v) is 5.24. The van der Waals surface area contributed by atoms with Gasteiger partial charge in [-0.15, -0.1) is 0 Å². The van der Waals surface area contributed by atoms with Gasteiger partial charge in [-0.1, -0.05) is 0 Å². The van der Waals surface area contributed by atoms with Gasteiger partial charge in [-0.2, -0.15) is 0 Å². The highest BCUT2D eigenvalue weighted by molar-refractivity contribution is 5.58. The highest BCUT2D eigenvalue weighted by atomic mass is 19.1. The van der Waals surface area contributed by atoms with Crippen LogP contribution in [-0.4, -0.2) is 23.6 Å². The van der Waals surface area contributed by atoms with Crippen LogP contribution in [-0.2, 0) is 6.42 Å². The number of H-pyrrole nitrogens is 1. The molecule has 0 unspecified atom stereocenters. The van der Waals surface area contributed by atoms with Crippen LogP contribution in [0.3, 0.4) is 0 Å². The number of likely N-dealkylation sites (N-methyl/N-ethyl adjacent to an activating group) is 1. The van der Waals surface area contributed by atoms with E-state index < -0.39 is 0 Å². The van der Waals surface area contributed by atoms with Crippen LogP contribution in [0, 0.1) is 5.82 Å². The van der Waals surface area contributed by atoms with E-state index in [-0.39, 0.29) is 5.82 Å². The van der Waals surface area contributed by atoms with Crippen molar-refractivity contribution in [2.24, 2.45) is 0 Å². The largest absolute Gasteiger partial charge is 0.342 e. The predicted octanol–water partition coefficient (Wildman–Crippen LogP) is 1.98. The quantitative estimate of drug-likeness (QED) is 0.825. The van der Waals surface area contributed by atoms with Crippen molar-refractivity contribution in [3.05, 3.63) is 42.1 Å². The Morgan fingerprint density at radius 3 is 2.75 bits per heavy atom. The summed E-state index contributed by atoms with van der Waals surface area (Å²) in [6.45, 7) is 0.885. The number of nitrogens with zero attached hydrogens (tertiary/aromatic N) is 1. The molecule has 2 N–H and O–H groups in total. The maximum atomic E-state index is 12.7. The van der Waals surface area contributed by atoms with Crippen LogP contribution in [0.2, 0.25) is 0 Å². The molecule has 3 nitrogen and oxygen atoms in total. The van der Waals surface area contributed by atoms with Crippen LogP contribution in [0.1, 0.15) is 5.82 Å². The van der Waals surface area contributed by atoms with Gasteiger partial charge in [0.1, 0.15) is 11.6 Å². The lowest BCUT2D eigenvalue weighted by molar-refractivity contribution is 0.628. The van der Waals surface area contributed by atoms with E-state index in [4.69, 9.17) is 0 Å². The van der Waals surface area contributed by atoms with Crippen molar-refractivity contribution in [3.63, 3.8) is 0 Å². The van der Waals surface area contributed by atoms with Gasteiger partial charge in [0.15, 0.2) is 0 Å². The van der Waals surface area contributed by atoms with E-state index in [1.54, 1.807) is 18.3 Å². The third-order valence-electron chi connectivity index (χ3n) is 2.40. The van der Waals surface area contributed by atoms with E-state index in [1.807, 2.05) is 7.05 Å². The highest BCUT2D eigenvalue weighted by Gasteiger charge is 2.02. The van der Waals surface area contributed by atoms with Crippen LogP contribution >= 0.6 is 0 Å². The molecular weight excluding hydrogens is 205 g/mol. The van der Waals surface area contributed by atoms with Gasteiger partial charge in [0.05, 0.1) is 11.9 Å². The summed E-state index contributed by atoms with van der Waals surface area (Å²) in [6.07, 6.45) is 2.63. The Balaban J connectivity index is 2.15. The summed E-state index contributed by atoms with van der Waals surface area (Å²) in [7, 11) is 1.91. The maximum absolute atomic E-state index is 12.7. The lowest BCUT2D eigenvalue weighted by Gasteiger charge is -1.97. The molecule has 0 amide bonds. The zero-order valence-electron chi connectivity index (χ0n) is 9.13. The molecule has 0 saturated carbocycles. The van der Waals surface area contributed by atoms with Gasteiger partial charge in [0.2, 0.25) is 0 Å². The third-order valence-corrected chi connectivity index (χ3v) is 2.40. The first-order chi connectivity index (χ1) is 7.79. The summed E-state index contributed by atoms with van der Waals surface area (Å²) in [5, 5.41) is 3.06. The number of benzene rings is 1. The normalized spacial score (nSPS) is 10.6. The molecule has 0 bridgehead atoms. The van der Waals surface area contributed by atoms with Gasteiger partial charge in [-0.05, 0) is 36.9 Å². The van der Waals surface area contributed by atoms with Crippen LogP contribution in [0.4, 0.5) is 4.39 Å². The number of hydrogen-bond acceptors (Lipinski definition) is 2. The van der Waals surface area contributed by atoms with Gasteiger partial charge in [0.25, 0.3) is 0 Å². The van der Waals surface area contributed by atoms with Gasteiger partial charge in [0, 0.05) is 13.0 Å². The van der Waals surface area contributed by atoms with Gasteiger partial charge in [-0.25, -0.2) is 9.37 Å². The molecule has 16 heavy (non-hydrogen) atoms. The molecule has 0 fully saturated rings. The van der Waals surface area contributed by atoms with E-state index in [0.29, 0.717) is 0 Å². The second kappa shape index (κ2) is 4.90. The second-order valence-corrected chi connectivity index (χ2v) is 3.60. The minimum Gasteiger partial charge on any atom is -0.342 e. The highest BCUT2D eigenvalue weighted by Crippen LogP contribution is 2.17. The Morgan fingerprint density at radius 1 is 1.31 bits per heavy atom. The second-order valence-electron chi connectivity index (χ2n) is 3.60.